The molecule has 0 unspecified atom stereocenters. The summed E-state index contributed by atoms with van der Waals surface area (Å²) < 4.78 is 1.85. The number of carbonyl (C=O) groups excluding carboxylic acids is 1. The van der Waals surface area contributed by atoms with E-state index in [1.165, 1.54) is 4.90 Å². The summed E-state index contributed by atoms with van der Waals surface area (Å²) in [6, 6.07) is -0.988. The van der Waals surface area contributed by atoms with Crippen molar-refractivity contribution in [2.24, 2.45) is 0 Å². The van der Waals surface area contributed by atoms with Gasteiger partial charge in [0.25, 0.3) is 0 Å². The van der Waals surface area contributed by atoms with E-state index in [0.29, 0.717) is 26.1 Å². The first-order valence-electron chi connectivity index (χ1n) is 5.91. The van der Waals surface area contributed by atoms with Crippen LogP contribution < -0.4 is 5.32 Å². The quantitative estimate of drug-likeness (QED) is 0.798. The molecule has 98 valence electrons. The minimum absolute atomic E-state index is 0.306. The number of nitrogens with zero attached hydrogens (tertiary/aromatic N) is 3. The molecule has 1 aromatic rings. The topological polar surface area (TPSA) is 87.5 Å². The van der Waals surface area contributed by atoms with Crippen molar-refractivity contribution >= 4 is 12.0 Å². The Morgan fingerprint density at radius 2 is 2.33 bits per heavy atom. The number of rotatable bonds is 4. The van der Waals surface area contributed by atoms with Crippen LogP contribution in [-0.2, 0) is 11.3 Å². The molecule has 2 N–H and O–H groups in total. The van der Waals surface area contributed by atoms with Gasteiger partial charge in [-0.05, 0) is 12.8 Å². The van der Waals surface area contributed by atoms with Crippen LogP contribution in [-0.4, -0.2) is 50.7 Å². The highest BCUT2D eigenvalue weighted by atomic mass is 16.4. The lowest BCUT2D eigenvalue weighted by Gasteiger charge is -2.21. The third-order valence-corrected chi connectivity index (χ3v) is 3.00. The van der Waals surface area contributed by atoms with Crippen LogP contribution in [0.25, 0.3) is 0 Å². The molecular weight excluding hydrogens is 236 g/mol. The minimum atomic E-state index is -0.933. The summed E-state index contributed by atoms with van der Waals surface area (Å²) in [6.45, 7) is 1.59. The molecule has 0 spiro atoms. The fourth-order valence-electron chi connectivity index (χ4n) is 2.08. The predicted octanol–water partition coefficient (Wildman–Crippen LogP) is 0.142. The summed E-state index contributed by atoms with van der Waals surface area (Å²) in [5.41, 5.74) is 0. The minimum Gasteiger partial charge on any atom is -0.480 e. The third-order valence-electron chi connectivity index (χ3n) is 3.00. The highest BCUT2D eigenvalue weighted by molar-refractivity contribution is 5.83. The number of carboxylic acids is 1. The maximum atomic E-state index is 11.8. The second-order valence-corrected chi connectivity index (χ2v) is 4.22. The van der Waals surface area contributed by atoms with E-state index in [9.17, 15) is 9.59 Å². The zero-order valence-electron chi connectivity index (χ0n) is 9.95. The first-order chi connectivity index (χ1) is 8.68. The van der Waals surface area contributed by atoms with Crippen molar-refractivity contribution in [3.8, 4) is 0 Å². The van der Waals surface area contributed by atoms with Gasteiger partial charge in [-0.3, -0.25) is 0 Å². The lowest BCUT2D eigenvalue weighted by atomic mass is 10.2. The Morgan fingerprint density at radius 1 is 1.50 bits per heavy atom. The number of carbonyl (C=O) groups is 2. The number of nitrogens with one attached hydrogen (secondary N) is 1. The number of likely N-dealkylation sites (tertiary alicyclic amines) is 1. The molecule has 0 radical (unpaired) electrons. The van der Waals surface area contributed by atoms with E-state index in [1.807, 2.05) is 10.8 Å². The summed E-state index contributed by atoms with van der Waals surface area (Å²) in [4.78, 5) is 28.0. The number of imidazole rings is 1. The lowest BCUT2D eigenvalue weighted by molar-refractivity contribution is -0.141. The molecule has 18 heavy (non-hydrogen) atoms. The Bertz CT molecular complexity index is 418. The summed E-state index contributed by atoms with van der Waals surface area (Å²) in [6.07, 6.45) is 6.42. The molecule has 1 aliphatic rings. The van der Waals surface area contributed by atoms with E-state index < -0.39 is 12.0 Å². The molecule has 2 amide bonds. The zero-order valence-corrected chi connectivity index (χ0v) is 9.95. The summed E-state index contributed by atoms with van der Waals surface area (Å²) in [5, 5.41) is 11.7. The van der Waals surface area contributed by atoms with Gasteiger partial charge >= 0.3 is 12.0 Å². The Hall–Kier alpha value is -2.05. The van der Waals surface area contributed by atoms with E-state index in [1.54, 1.807) is 12.5 Å². The summed E-state index contributed by atoms with van der Waals surface area (Å²) in [7, 11) is 0. The van der Waals surface area contributed by atoms with Gasteiger partial charge in [-0.25, -0.2) is 14.6 Å². The van der Waals surface area contributed by atoms with Gasteiger partial charge < -0.3 is 19.9 Å². The van der Waals surface area contributed by atoms with Crippen LogP contribution in [0.4, 0.5) is 4.79 Å². The van der Waals surface area contributed by atoms with Gasteiger partial charge in [-0.1, -0.05) is 0 Å². The molecular formula is C11H16N4O3. The van der Waals surface area contributed by atoms with Gasteiger partial charge in [0.05, 0.1) is 6.33 Å². The summed E-state index contributed by atoms with van der Waals surface area (Å²) >= 11 is 0. The van der Waals surface area contributed by atoms with E-state index >= 15 is 0 Å². The second kappa shape index (κ2) is 5.52. The molecule has 7 heteroatoms. The Kier molecular flexibility index (Phi) is 3.81. The van der Waals surface area contributed by atoms with Crippen molar-refractivity contribution in [2.75, 3.05) is 13.1 Å². The molecule has 2 heterocycles. The van der Waals surface area contributed by atoms with Crippen molar-refractivity contribution < 1.29 is 14.7 Å². The first-order valence-corrected chi connectivity index (χ1v) is 5.91. The van der Waals surface area contributed by atoms with Crippen LogP contribution in [0.2, 0.25) is 0 Å². The Balaban J connectivity index is 1.79. The third kappa shape index (κ3) is 2.79. The predicted molar refractivity (Wildman–Crippen MR) is 63.0 cm³/mol. The monoisotopic (exact) mass is 252 g/mol. The highest BCUT2D eigenvalue weighted by Crippen LogP contribution is 2.17. The van der Waals surface area contributed by atoms with Crippen molar-refractivity contribution in [1.29, 1.82) is 0 Å². The number of aliphatic carboxylic acids is 1. The van der Waals surface area contributed by atoms with E-state index in [0.717, 1.165) is 6.42 Å². The fraction of sp³-hybridized carbons (Fsp3) is 0.545. The first kappa shape index (κ1) is 12.4. The van der Waals surface area contributed by atoms with E-state index in [4.69, 9.17) is 5.11 Å². The molecule has 0 saturated carbocycles. The van der Waals surface area contributed by atoms with Crippen LogP contribution in [0.3, 0.4) is 0 Å². The van der Waals surface area contributed by atoms with Crippen LogP contribution in [0, 0.1) is 0 Å². The number of urea groups is 1. The molecule has 1 aromatic heterocycles. The molecule has 7 nitrogen and oxygen atoms in total. The lowest BCUT2D eigenvalue weighted by Crippen LogP contribution is -2.46. The number of amides is 2. The van der Waals surface area contributed by atoms with Crippen LogP contribution in [0.1, 0.15) is 12.8 Å². The van der Waals surface area contributed by atoms with Crippen LogP contribution >= 0.6 is 0 Å². The normalized spacial score (nSPS) is 18.9. The van der Waals surface area contributed by atoms with Gasteiger partial charge in [0, 0.05) is 32.0 Å². The Labute approximate surface area is 104 Å². The maximum absolute atomic E-state index is 11.8. The number of hydrogen-bond donors (Lipinski definition) is 2. The highest BCUT2D eigenvalue weighted by Gasteiger charge is 2.33. The van der Waals surface area contributed by atoms with Gasteiger partial charge in [0.15, 0.2) is 0 Å². The van der Waals surface area contributed by atoms with Crippen molar-refractivity contribution in [3.05, 3.63) is 18.7 Å². The van der Waals surface area contributed by atoms with Crippen molar-refractivity contribution in [2.45, 2.75) is 25.4 Å². The number of carboxylic acid groups (broad SMARTS) is 1. The van der Waals surface area contributed by atoms with Gasteiger partial charge in [-0.2, -0.15) is 0 Å². The molecule has 1 fully saturated rings. The van der Waals surface area contributed by atoms with Crippen LogP contribution in [0.15, 0.2) is 18.7 Å². The van der Waals surface area contributed by atoms with Gasteiger partial charge in [0.1, 0.15) is 6.04 Å². The van der Waals surface area contributed by atoms with Crippen LogP contribution in [0.5, 0.6) is 0 Å². The number of aromatic nitrogens is 2. The smallest absolute Gasteiger partial charge is 0.326 e. The fourth-order valence-corrected chi connectivity index (χ4v) is 2.08. The average Bonchev–Trinajstić information content (AvgIpc) is 2.99. The van der Waals surface area contributed by atoms with Crippen molar-refractivity contribution in [3.63, 3.8) is 0 Å². The number of hydrogen-bond acceptors (Lipinski definition) is 3. The summed E-state index contributed by atoms with van der Waals surface area (Å²) in [5.74, 6) is -0.933. The van der Waals surface area contributed by atoms with Gasteiger partial charge in [0.2, 0.25) is 0 Å². The molecule has 0 bridgehead atoms. The van der Waals surface area contributed by atoms with Crippen molar-refractivity contribution in [1.82, 2.24) is 19.8 Å². The standard InChI is InChI=1S/C11H16N4O3/c16-10(17)9-2-1-5-15(9)11(18)13-4-7-14-6-3-12-8-14/h3,6,8-9H,1-2,4-5,7H2,(H,13,18)(H,16,17)/t9-/m1/s1. The molecule has 1 atom stereocenters. The maximum Gasteiger partial charge on any atom is 0.326 e. The average molecular weight is 252 g/mol. The Morgan fingerprint density at radius 3 is 3.00 bits per heavy atom. The van der Waals surface area contributed by atoms with E-state index in [-0.39, 0.29) is 6.03 Å². The van der Waals surface area contributed by atoms with Gasteiger partial charge in [-0.15, -0.1) is 0 Å². The largest absolute Gasteiger partial charge is 0.480 e. The molecule has 1 aliphatic heterocycles. The SMILES string of the molecule is O=C(O)[C@H]1CCCN1C(=O)NCCn1ccnc1. The zero-order chi connectivity index (χ0) is 13.0. The molecule has 1 saturated heterocycles. The second-order valence-electron chi connectivity index (χ2n) is 4.22. The molecule has 0 aliphatic carbocycles. The van der Waals surface area contributed by atoms with E-state index in [2.05, 4.69) is 10.3 Å². The molecule has 0 aromatic carbocycles. The molecule has 2 rings (SSSR count).